The monoisotopic (exact) mass is 318 g/mol. The van der Waals surface area contributed by atoms with E-state index in [2.05, 4.69) is 43.6 Å². The van der Waals surface area contributed by atoms with E-state index in [1.165, 1.54) is 71.4 Å². The number of nitrogens with zero attached hydrogens (tertiary/aromatic N) is 2. The molecule has 0 amide bonds. The van der Waals surface area contributed by atoms with Crippen molar-refractivity contribution >= 4 is 0 Å². The van der Waals surface area contributed by atoms with E-state index in [1.807, 2.05) is 0 Å². The number of rotatable bonds is 6. The molecule has 0 N–H and O–H groups in total. The Labute approximate surface area is 144 Å². The Morgan fingerprint density at radius 3 is 2.35 bits per heavy atom. The predicted molar refractivity (Wildman–Crippen MR) is 99.6 cm³/mol. The molecule has 3 aliphatic rings. The fourth-order valence-electron chi connectivity index (χ4n) is 5.08. The van der Waals surface area contributed by atoms with Crippen LogP contribution in [0.5, 0.6) is 0 Å². The highest BCUT2D eigenvalue weighted by molar-refractivity contribution is 5.16. The molecule has 2 heteroatoms. The second kappa shape index (κ2) is 7.27. The quantitative estimate of drug-likeness (QED) is 0.669. The zero-order valence-electron chi connectivity index (χ0n) is 16.0. The van der Waals surface area contributed by atoms with Crippen molar-refractivity contribution in [3.63, 3.8) is 0 Å². The van der Waals surface area contributed by atoms with E-state index in [-0.39, 0.29) is 0 Å². The second-order valence-corrected chi connectivity index (χ2v) is 9.62. The van der Waals surface area contributed by atoms with Gasteiger partial charge < -0.3 is 9.80 Å². The summed E-state index contributed by atoms with van der Waals surface area (Å²) in [5.41, 5.74) is 2.42. The van der Waals surface area contributed by atoms with Crippen molar-refractivity contribution in [1.82, 2.24) is 9.80 Å². The van der Waals surface area contributed by atoms with Crippen molar-refractivity contribution in [3.8, 4) is 0 Å². The maximum Gasteiger partial charge on any atom is 0.00344 e. The molecule has 1 aliphatic carbocycles. The third-order valence-electron chi connectivity index (χ3n) is 6.19. The van der Waals surface area contributed by atoms with E-state index < -0.39 is 0 Å². The van der Waals surface area contributed by atoms with Gasteiger partial charge in [-0.05, 0) is 68.4 Å². The minimum absolute atomic E-state index is 0.657. The van der Waals surface area contributed by atoms with Crippen molar-refractivity contribution in [2.45, 2.75) is 59.8 Å². The molecule has 0 aromatic rings. The Kier molecular flexibility index (Phi) is 5.53. The molecule has 0 bridgehead atoms. The van der Waals surface area contributed by atoms with Gasteiger partial charge in [0.2, 0.25) is 0 Å². The number of hydrogen-bond acceptors (Lipinski definition) is 2. The highest BCUT2D eigenvalue weighted by Gasteiger charge is 2.38. The summed E-state index contributed by atoms with van der Waals surface area (Å²) in [5, 5.41) is 0. The van der Waals surface area contributed by atoms with Crippen molar-refractivity contribution in [1.29, 1.82) is 0 Å². The normalized spacial score (nSPS) is 26.3. The van der Waals surface area contributed by atoms with Gasteiger partial charge >= 0.3 is 0 Å². The van der Waals surface area contributed by atoms with Gasteiger partial charge in [0.25, 0.3) is 0 Å². The lowest BCUT2D eigenvalue weighted by molar-refractivity contribution is 0.0341. The summed E-state index contributed by atoms with van der Waals surface area (Å²) in [5.74, 6) is 2.59. The van der Waals surface area contributed by atoms with E-state index in [0.717, 1.165) is 17.8 Å². The van der Waals surface area contributed by atoms with Gasteiger partial charge in [0.05, 0.1) is 0 Å². The van der Waals surface area contributed by atoms with Gasteiger partial charge in [-0.1, -0.05) is 39.3 Å². The summed E-state index contributed by atoms with van der Waals surface area (Å²) in [6.07, 6.45) is 9.57. The van der Waals surface area contributed by atoms with Crippen LogP contribution >= 0.6 is 0 Å². The molecule has 0 saturated carbocycles. The van der Waals surface area contributed by atoms with Crippen LogP contribution in [0.1, 0.15) is 59.8 Å². The third kappa shape index (κ3) is 4.60. The van der Waals surface area contributed by atoms with Gasteiger partial charge in [0.1, 0.15) is 0 Å². The van der Waals surface area contributed by atoms with Crippen LogP contribution in [-0.2, 0) is 0 Å². The van der Waals surface area contributed by atoms with Crippen LogP contribution < -0.4 is 0 Å². The number of allylic oxidation sites excluding steroid dienone is 2. The van der Waals surface area contributed by atoms with Crippen LogP contribution in [0, 0.1) is 23.2 Å². The van der Waals surface area contributed by atoms with Gasteiger partial charge in [-0.15, -0.1) is 0 Å². The molecule has 0 aromatic heterocycles. The summed E-state index contributed by atoms with van der Waals surface area (Å²) in [4.78, 5) is 5.41. The van der Waals surface area contributed by atoms with E-state index in [9.17, 15) is 0 Å². The van der Waals surface area contributed by atoms with Crippen LogP contribution in [-0.4, -0.2) is 49.1 Å². The maximum atomic E-state index is 2.77. The van der Waals surface area contributed by atoms with Crippen molar-refractivity contribution in [2.75, 3.05) is 39.3 Å². The Morgan fingerprint density at radius 1 is 1.04 bits per heavy atom. The fourth-order valence-corrected chi connectivity index (χ4v) is 5.08. The van der Waals surface area contributed by atoms with Crippen LogP contribution in [0.3, 0.4) is 0 Å². The Hall–Kier alpha value is -0.340. The van der Waals surface area contributed by atoms with Crippen molar-refractivity contribution in [3.05, 3.63) is 11.6 Å². The topological polar surface area (TPSA) is 6.48 Å². The summed E-state index contributed by atoms with van der Waals surface area (Å²) in [7, 11) is 0. The Balaban J connectivity index is 1.36. The molecular weight excluding hydrogens is 280 g/mol. The molecule has 0 radical (unpaired) electrons. The molecule has 132 valence electrons. The first-order valence-electron chi connectivity index (χ1n) is 10.1. The molecule has 23 heavy (non-hydrogen) atoms. The predicted octanol–water partition coefficient (Wildman–Crippen LogP) is 4.42. The van der Waals surface area contributed by atoms with Crippen LogP contribution in [0.15, 0.2) is 11.6 Å². The maximum absolute atomic E-state index is 2.77. The zero-order valence-corrected chi connectivity index (χ0v) is 16.0. The summed E-state index contributed by atoms with van der Waals surface area (Å²) >= 11 is 0. The van der Waals surface area contributed by atoms with Gasteiger partial charge in [0.15, 0.2) is 0 Å². The lowest BCUT2D eigenvalue weighted by Gasteiger charge is -2.45. The van der Waals surface area contributed by atoms with Crippen molar-refractivity contribution in [2.24, 2.45) is 23.2 Å². The van der Waals surface area contributed by atoms with Gasteiger partial charge in [-0.2, -0.15) is 0 Å². The largest absolute Gasteiger partial charge is 0.303 e. The Bertz CT molecular complexity index is 410. The summed E-state index contributed by atoms with van der Waals surface area (Å²) in [6.45, 7) is 17.4. The first-order valence-corrected chi connectivity index (χ1v) is 10.1. The van der Waals surface area contributed by atoms with Gasteiger partial charge in [0, 0.05) is 26.2 Å². The molecule has 0 atom stereocenters. The van der Waals surface area contributed by atoms with Crippen LogP contribution in [0.25, 0.3) is 0 Å². The lowest BCUT2D eigenvalue weighted by atomic mass is 9.75. The number of likely N-dealkylation sites (tertiary alicyclic amines) is 2. The highest BCUT2D eigenvalue weighted by atomic mass is 15.2. The molecule has 1 spiro atoms. The summed E-state index contributed by atoms with van der Waals surface area (Å²) < 4.78 is 0. The minimum Gasteiger partial charge on any atom is -0.303 e. The molecule has 0 unspecified atom stereocenters. The smallest absolute Gasteiger partial charge is 0.00344 e. The average molecular weight is 319 g/mol. The van der Waals surface area contributed by atoms with Crippen molar-refractivity contribution < 1.29 is 0 Å². The zero-order chi connectivity index (χ0) is 16.4. The number of hydrogen-bond donors (Lipinski definition) is 0. The molecule has 2 saturated heterocycles. The van der Waals surface area contributed by atoms with Gasteiger partial charge in [-0.25, -0.2) is 0 Å². The van der Waals surface area contributed by atoms with E-state index in [4.69, 9.17) is 0 Å². The molecule has 2 fully saturated rings. The molecule has 2 aliphatic heterocycles. The SMILES string of the molecule is CC(C)CC1=CCC2(CCN(CC3CN(CC(C)C)C3)CC2)C1. The first-order chi connectivity index (χ1) is 10.9. The molecule has 0 aromatic carbocycles. The first kappa shape index (κ1) is 17.5. The standard InChI is InChI=1S/C21H38N2/c1-17(2)11-19-5-6-21(12-19)7-9-22(10-8-21)14-20-15-23(16-20)13-18(3)4/h5,17-18,20H,6-16H2,1-4H3. The fraction of sp³-hybridized carbons (Fsp3) is 0.905. The molecule has 2 nitrogen and oxygen atoms in total. The summed E-state index contributed by atoms with van der Waals surface area (Å²) in [6, 6.07) is 0. The highest BCUT2D eigenvalue weighted by Crippen LogP contribution is 2.47. The van der Waals surface area contributed by atoms with E-state index in [1.54, 1.807) is 5.57 Å². The van der Waals surface area contributed by atoms with Crippen LogP contribution in [0.4, 0.5) is 0 Å². The molecule has 2 heterocycles. The second-order valence-electron chi connectivity index (χ2n) is 9.62. The third-order valence-corrected chi connectivity index (χ3v) is 6.19. The minimum atomic E-state index is 0.657. The van der Waals surface area contributed by atoms with Crippen LogP contribution in [0.2, 0.25) is 0 Å². The van der Waals surface area contributed by atoms with Gasteiger partial charge in [-0.3, -0.25) is 0 Å². The average Bonchev–Trinajstić information content (AvgIpc) is 2.80. The van der Waals surface area contributed by atoms with E-state index >= 15 is 0 Å². The number of piperidine rings is 1. The Morgan fingerprint density at radius 2 is 1.74 bits per heavy atom. The lowest BCUT2D eigenvalue weighted by Crippen LogP contribution is -2.53. The molecule has 3 rings (SSSR count). The molecular formula is C21H38N2. The van der Waals surface area contributed by atoms with E-state index in [0.29, 0.717) is 5.41 Å².